The molecule has 1 aromatic carbocycles. The Morgan fingerprint density at radius 1 is 1.38 bits per heavy atom. The van der Waals surface area contributed by atoms with E-state index < -0.39 is 23.2 Å². The van der Waals surface area contributed by atoms with Gasteiger partial charge in [-0.2, -0.15) is 0 Å². The lowest BCUT2D eigenvalue weighted by Gasteiger charge is -2.06. The standard InChI is InChI=1S/C13H14F2N4OS/c1-2-6-17-13-19-11(16)10(21-13)12(20)18-9-7(14)4-3-5-8(9)15/h3-5H,2,6,16H2,1H3,(H,17,19)(H,18,20). The summed E-state index contributed by atoms with van der Waals surface area (Å²) in [6.45, 7) is 2.68. The number of nitrogen functional groups attached to an aromatic ring is 1. The number of para-hydroxylation sites is 1. The first-order valence-corrected chi connectivity index (χ1v) is 7.10. The number of hydrogen-bond donors (Lipinski definition) is 3. The molecule has 0 radical (unpaired) electrons. The van der Waals surface area contributed by atoms with Crippen molar-refractivity contribution in [3.63, 3.8) is 0 Å². The van der Waals surface area contributed by atoms with Crippen LogP contribution < -0.4 is 16.4 Å². The Balaban J connectivity index is 2.19. The molecule has 8 heteroatoms. The molecule has 0 saturated carbocycles. The van der Waals surface area contributed by atoms with Crippen LogP contribution in [0.25, 0.3) is 0 Å². The molecule has 0 saturated heterocycles. The first-order valence-electron chi connectivity index (χ1n) is 6.28. The van der Waals surface area contributed by atoms with Gasteiger partial charge in [-0.15, -0.1) is 0 Å². The topological polar surface area (TPSA) is 80.0 Å². The number of anilines is 3. The number of hydrogen-bond acceptors (Lipinski definition) is 5. The van der Waals surface area contributed by atoms with E-state index in [1.54, 1.807) is 0 Å². The highest BCUT2D eigenvalue weighted by Crippen LogP contribution is 2.27. The van der Waals surface area contributed by atoms with Gasteiger partial charge in [-0.3, -0.25) is 4.79 Å². The van der Waals surface area contributed by atoms with Crippen LogP contribution in [-0.4, -0.2) is 17.4 Å². The van der Waals surface area contributed by atoms with Gasteiger partial charge in [-0.25, -0.2) is 13.8 Å². The van der Waals surface area contributed by atoms with Crippen LogP contribution in [0.1, 0.15) is 23.0 Å². The molecule has 0 atom stereocenters. The average molecular weight is 312 g/mol. The van der Waals surface area contributed by atoms with Crippen LogP contribution in [0.5, 0.6) is 0 Å². The number of nitrogens with zero attached hydrogens (tertiary/aromatic N) is 1. The van der Waals surface area contributed by atoms with Crippen LogP contribution in [0.2, 0.25) is 0 Å². The molecular weight excluding hydrogens is 298 g/mol. The molecule has 2 aromatic rings. The minimum Gasteiger partial charge on any atom is -0.382 e. The van der Waals surface area contributed by atoms with Gasteiger partial charge in [0, 0.05) is 6.54 Å². The summed E-state index contributed by atoms with van der Waals surface area (Å²) in [7, 11) is 0. The third-order valence-corrected chi connectivity index (χ3v) is 3.61. The van der Waals surface area contributed by atoms with E-state index in [4.69, 9.17) is 5.73 Å². The van der Waals surface area contributed by atoms with Crippen molar-refractivity contribution < 1.29 is 13.6 Å². The predicted octanol–water partition coefficient (Wildman–Crippen LogP) is 3.08. The van der Waals surface area contributed by atoms with Crippen molar-refractivity contribution in [1.82, 2.24) is 4.98 Å². The molecule has 5 nitrogen and oxygen atoms in total. The number of carbonyl (C=O) groups excluding carboxylic acids is 1. The smallest absolute Gasteiger partial charge is 0.269 e. The van der Waals surface area contributed by atoms with E-state index in [9.17, 15) is 13.6 Å². The quantitative estimate of drug-likeness (QED) is 0.792. The molecule has 0 aliphatic carbocycles. The summed E-state index contributed by atoms with van der Waals surface area (Å²) in [5.74, 6) is -2.38. The Kier molecular flexibility index (Phi) is 4.69. The highest BCUT2D eigenvalue weighted by Gasteiger charge is 2.19. The summed E-state index contributed by atoms with van der Waals surface area (Å²) in [4.78, 5) is 16.1. The molecule has 21 heavy (non-hydrogen) atoms. The highest BCUT2D eigenvalue weighted by molar-refractivity contribution is 7.18. The summed E-state index contributed by atoms with van der Waals surface area (Å²) in [6.07, 6.45) is 0.890. The van der Waals surface area contributed by atoms with Gasteiger partial charge in [-0.05, 0) is 18.6 Å². The van der Waals surface area contributed by atoms with Gasteiger partial charge in [0.1, 0.15) is 28.0 Å². The second-order valence-electron chi connectivity index (χ2n) is 4.21. The molecule has 2 rings (SSSR count). The lowest BCUT2D eigenvalue weighted by Crippen LogP contribution is -2.14. The Morgan fingerprint density at radius 2 is 2.05 bits per heavy atom. The van der Waals surface area contributed by atoms with E-state index in [2.05, 4.69) is 15.6 Å². The number of rotatable bonds is 5. The van der Waals surface area contributed by atoms with Crippen molar-refractivity contribution in [3.05, 3.63) is 34.7 Å². The maximum absolute atomic E-state index is 13.5. The van der Waals surface area contributed by atoms with Crippen molar-refractivity contribution in [1.29, 1.82) is 0 Å². The van der Waals surface area contributed by atoms with Crippen molar-refractivity contribution in [3.8, 4) is 0 Å². The summed E-state index contributed by atoms with van der Waals surface area (Å²) in [5.41, 5.74) is 5.15. The van der Waals surface area contributed by atoms with E-state index >= 15 is 0 Å². The van der Waals surface area contributed by atoms with E-state index in [1.807, 2.05) is 6.92 Å². The minimum atomic E-state index is -0.851. The van der Waals surface area contributed by atoms with Gasteiger partial charge >= 0.3 is 0 Å². The summed E-state index contributed by atoms with van der Waals surface area (Å²) in [5, 5.41) is 5.67. The van der Waals surface area contributed by atoms with E-state index in [1.165, 1.54) is 6.07 Å². The van der Waals surface area contributed by atoms with E-state index in [0.29, 0.717) is 11.7 Å². The van der Waals surface area contributed by atoms with Crippen molar-refractivity contribution in [2.45, 2.75) is 13.3 Å². The fourth-order valence-corrected chi connectivity index (χ4v) is 2.40. The molecule has 1 amide bonds. The maximum atomic E-state index is 13.5. The molecule has 0 fully saturated rings. The molecular formula is C13H14F2N4OS. The molecule has 1 heterocycles. The van der Waals surface area contributed by atoms with Crippen LogP contribution in [-0.2, 0) is 0 Å². The maximum Gasteiger partial charge on any atom is 0.269 e. The van der Waals surface area contributed by atoms with Crippen LogP contribution in [0, 0.1) is 11.6 Å². The van der Waals surface area contributed by atoms with Crippen LogP contribution in [0.4, 0.5) is 25.4 Å². The first kappa shape index (κ1) is 15.2. The number of carbonyl (C=O) groups is 1. The van der Waals surface area contributed by atoms with Crippen molar-refractivity contribution in [2.24, 2.45) is 0 Å². The summed E-state index contributed by atoms with van der Waals surface area (Å²) < 4.78 is 27.0. The third kappa shape index (κ3) is 3.46. The Bertz CT molecular complexity index is 639. The molecule has 0 unspecified atom stereocenters. The minimum absolute atomic E-state index is 0.0212. The fraction of sp³-hybridized carbons (Fsp3) is 0.231. The largest absolute Gasteiger partial charge is 0.382 e. The molecule has 0 aliphatic heterocycles. The Morgan fingerprint density at radius 3 is 2.67 bits per heavy atom. The van der Waals surface area contributed by atoms with Gasteiger partial charge in [0.2, 0.25) is 0 Å². The fourth-order valence-electron chi connectivity index (χ4n) is 1.59. The zero-order chi connectivity index (χ0) is 15.4. The molecule has 0 aliphatic rings. The van der Waals surface area contributed by atoms with Crippen LogP contribution in [0.15, 0.2) is 18.2 Å². The zero-order valence-electron chi connectivity index (χ0n) is 11.2. The lowest BCUT2D eigenvalue weighted by atomic mass is 10.3. The average Bonchev–Trinajstić information content (AvgIpc) is 2.82. The highest BCUT2D eigenvalue weighted by atomic mass is 32.1. The monoisotopic (exact) mass is 312 g/mol. The zero-order valence-corrected chi connectivity index (χ0v) is 12.1. The number of halogens is 2. The number of aromatic nitrogens is 1. The van der Waals surface area contributed by atoms with E-state index in [0.717, 1.165) is 29.9 Å². The van der Waals surface area contributed by atoms with Gasteiger partial charge in [-0.1, -0.05) is 24.3 Å². The second kappa shape index (κ2) is 6.49. The third-order valence-electron chi connectivity index (χ3n) is 2.59. The molecule has 112 valence electrons. The number of benzene rings is 1. The summed E-state index contributed by atoms with van der Waals surface area (Å²) in [6, 6.07) is 3.33. The normalized spacial score (nSPS) is 10.4. The Hall–Kier alpha value is -2.22. The van der Waals surface area contributed by atoms with Gasteiger partial charge in [0.05, 0.1) is 0 Å². The molecule has 4 N–H and O–H groups in total. The summed E-state index contributed by atoms with van der Waals surface area (Å²) >= 11 is 1.03. The number of nitrogens with one attached hydrogen (secondary N) is 2. The van der Waals surface area contributed by atoms with Gasteiger partial charge in [0.25, 0.3) is 5.91 Å². The SMILES string of the molecule is CCCNc1nc(N)c(C(=O)Nc2c(F)cccc2F)s1. The molecule has 0 bridgehead atoms. The van der Waals surface area contributed by atoms with Gasteiger partial charge in [0.15, 0.2) is 5.13 Å². The molecule has 1 aromatic heterocycles. The Labute approximate surface area is 124 Å². The number of nitrogens with two attached hydrogens (primary N) is 1. The van der Waals surface area contributed by atoms with Crippen LogP contribution >= 0.6 is 11.3 Å². The number of thiazole rings is 1. The first-order chi connectivity index (χ1) is 10.0. The van der Waals surface area contributed by atoms with Crippen molar-refractivity contribution >= 4 is 33.9 Å². The van der Waals surface area contributed by atoms with Crippen molar-refractivity contribution in [2.75, 3.05) is 22.9 Å². The predicted molar refractivity (Wildman–Crippen MR) is 79.6 cm³/mol. The molecule has 0 spiro atoms. The number of amides is 1. The second-order valence-corrected chi connectivity index (χ2v) is 5.21. The van der Waals surface area contributed by atoms with E-state index in [-0.39, 0.29) is 10.7 Å². The van der Waals surface area contributed by atoms with Crippen LogP contribution in [0.3, 0.4) is 0 Å². The lowest BCUT2D eigenvalue weighted by molar-refractivity contribution is 0.103. The van der Waals surface area contributed by atoms with Gasteiger partial charge < -0.3 is 16.4 Å².